The van der Waals surface area contributed by atoms with Crippen molar-refractivity contribution in [2.75, 3.05) is 26.9 Å². The first-order chi connectivity index (χ1) is 8.65. The number of carboxylic acid groups (broad SMARTS) is 1. The quantitative estimate of drug-likeness (QED) is 0.749. The highest BCUT2D eigenvalue weighted by atomic mass is 79.9. The second-order valence-electron chi connectivity index (χ2n) is 3.84. The fourth-order valence-corrected chi connectivity index (χ4v) is 2.02. The first-order valence-electron chi connectivity index (χ1n) is 5.70. The van der Waals surface area contributed by atoms with E-state index in [1.165, 1.54) is 0 Å². The lowest BCUT2D eigenvalue weighted by molar-refractivity contribution is -0.139. The maximum Gasteiger partial charge on any atom is 0.311 e. The van der Waals surface area contributed by atoms with E-state index in [0.29, 0.717) is 26.2 Å². The van der Waals surface area contributed by atoms with Crippen LogP contribution in [0.3, 0.4) is 0 Å². The van der Waals surface area contributed by atoms with Crippen molar-refractivity contribution in [1.29, 1.82) is 0 Å². The Bertz CT molecular complexity index is 381. The van der Waals surface area contributed by atoms with Crippen molar-refractivity contribution in [2.45, 2.75) is 12.3 Å². The number of hydrogen-bond acceptors (Lipinski definition) is 3. The number of carbonyl (C=O) groups is 1. The van der Waals surface area contributed by atoms with Gasteiger partial charge in [0.25, 0.3) is 0 Å². The van der Waals surface area contributed by atoms with Crippen LogP contribution in [-0.4, -0.2) is 38.0 Å². The van der Waals surface area contributed by atoms with Crippen molar-refractivity contribution in [3.63, 3.8) is 0 Å². The zero-order valence-electron chi connectivity index (χ0n) is 10.3. The number of hydrogen-bond donors (Lipinski definition) is 1. The van der Waals surface area contributed by atoms with Gasteiger partial charge >= 0.3 is 5.97 Å². The summed E-state index contributed by atoms with van der Waals surface area (Å²) >= 11 is 3.34. The largest absolute Gasteiger partial charge is 0.481 e. The van der Waals surface area contributed by atoms with Crippen LogP contribution >= 0.6 is 15.9 Å². The highest BCUT2D eigenvalue weighted by Crippen LogP contribution is 2.23. The van der Waals surface area contributed by atoms with Crippen LogP contribution in [0.1, 0.15) is 17.9 Å². The molecule has 1 unspecified atom stereocenters. The second-order valence-corrected chi connectivity index (χ2v) is 4.76. The molecule has 0 aromatic heterocycles. The molecule has 1 aromatic rings. The van der Waals surface area contributed by atoms with Crippen molar-refractivity contribution in [2.24, 2.45) is 0 Å². The van der Waals surface area contributed by atoms with Gasteiger partial charge in [0.15, 0.2) is 0 Å². The van der Waals surface area contributed by atoms with Gasteiger partial charge in [-0.2, -0.15) is 0 Å². The third kappa shape index (κ3) is 5.16. The number of rotatable bonds is 8. The van der Waals surface area contributed by atoms with Gasteiger partial charge in [0.1, 0.15) is 0 Å². The van der Waals surface area contributed by atoms with Crippen molar-refractivity contribution >= 4 is 21.9 Å². The summed E-state index contributed by atoms with van der Waals surface area (Å²) in [6.45, 7) is 1.42. The first-order valence-corrected chi connectivity index (χ1v) is 6.49. The van der Waals surface area contributed by atoms with Gasteiger partial charge in [-0.3, -0.25) is 4.79 Å². The van der Waals surface area contributed by atoms with Gasteiger partial charge in [-0.25, -0.2) is 0 Å². The molecule has 0 fully saturated rings. The van der Waals surface area contributed by atoms with E-state index in [0.717, 1.165) is 10.0 Å². The Morgan fingerprint density at radius 2 is 2.17 bits per heavy atom. The first kappa shape index (κ1) is 15.1. The second kappa shape index (κ2) is 8.24. The molecular formula is C13H17BrO4. The lowest BCUT2D eigenvalue weighted by Gasteiger charge is -2.13. The van der Waals surface area contributed by atoms with E-state index in [2.05, 4.69) is 15.9 Å². The van der Waals surface area contributed by atoms with Gasteiger partial charge in [0.2, 0.25) is 0 Å². The van der Waals surface area contributed by atoms with Crippen LogP contribution in [0.25, 0.3) is 0 Å². The lowest BCUT2D eigenvalue weighted by Crippen LogP contribution is -2.15. The van der Waals surface area contributed by atoms with Crippen molar-refractivity contribution in [3.05, 3.63) is 34.3 Å². The minimum atomic E-state index is -0.830. The van der Waals surface area contributed by atoms with Crippen molar-refractivity contribution < 1.29 is 19.4 Å². The SMILES string of the molecule is COCCOCCC(C(=O)O)c1cccc(Br)c1. The molecule has 0 aliphatic rings. The Morgan fingerprint density at radius 3 is 2.78 bits per heavy atom. The van der Waals surface area contributed by atoms with Crippen LogP contribution < -0.4 is 0 Å². The molecule has 100 valence electrons. The average Bonchev–Trinajstić information content (AvgIpc) is 2.33. The Morgan fingerprint density at radius 1 is 1.39 bits per heavy atom. The fourth-order valence-electron chi connectivity index (χ4n) is 1.60. The zero-order chi connectivity index (χ0) is 13.4. The monoisotopic (exact) mass is 316 g/mol. The van der Waals surface area contributed by atoms with Crippen LogP contribution in [0.4, 0.5) is 0 Å². The molecule has 0 aliphatic heterocycles. The molecule has 0 bridgehead atoms. The molecule has 5 heteroatoms. The van der Waals surface area contributed by atoms with E-state index in [9.17, 15) is 9.90 Å². The number of aliphatic carboxylic acids is 1. The van der Waals surface area contributed by atoms with Gasteiger partial charge in [0.05, 0.1) is 19.1 Å². The summed E-state index contributed by atoms with van der Waals surface area (Å²) in [6, 6.07) is 7.35. The Hall–Kier alpha value is -0.910. The summed E-state index contributed by atoms with van der Waals surface area (Å²) < 4.78 is 11.0. The molecule has 1 aromatic carbocycles. The van der Waals surface area contributed by atoms with E-state index in [1.807, 2.05) is 24.3 Å². The number of halogens is 1. The van der Waals surface area contributed by atoms with E-state index in [1.54, 1.807) is 7.11 Å². The third-order valence-corrected chi connectivity index (χ3v) is 3.03. The van der Waals surface area contributed by atoms with Crippen molar-refractivity contribution in [3.8, 4) is 0 Å². The topological polar surface area (TPSA) is 55.8 Å². The molecule has 0 saturated carbocycles. The molecule has 1 rings (SSSR count). The van der Waals surface area contributed by atoms with Crippen LogP contribution in [0.5, 0.6) is 0 Å². The molecule has 0 spiro atoms. The Balaban J connectivity index is 2.53. The Kier molecular flexibility index (Phi) is 6.93. The standard InChI is InChI=1S/C13H17BrO4/c1-17-7-8-18-6-5-12(13(15)16)10-3-2-4-11(14)9-10/h2-4,9,12H,5-8H2,1H3,(H,15,16). The molecule has 0 radical (unpaired) electrons. The van der Waals surface area contributed by atoms with E-state index >= 15 is 0 Å². The molecular weight excluding hydrogens is 300 g/mol. The van der Waals surface area contributed by atoms with Gasteiger partial charge in [-0.15, -0.1) is 0 Å². The van der Waals surface area contributed by atoms with Gasteiger partial charge < -0.3 is 14.6 Å². The van der Waals surface area contributed by atoms with Gasteiger partial charge in [0, 0.05) is 18.2 Å². The molecule has 18 heavy (non-hydrogen) atoms. The predicted molar refractivity (Wildman–Crippen MR) is 71.8 cm³/mol. The lowest BCUT2D eigenvalue weighted by atomic mass is 9.96. The van der Waals surface area contributed by atoms with Gasteiger partial charge in [-0.1, -0.05) is 28.1 Å². The number of ether oxygens (including phenoxy) is 2. The number of methoxy groups -OCH3 is 1. The maximum absolute atomic E-state index is 11.2. The summed E-state index contributed by atoms with van der Waals surface area (Å²) in [5.74, 6) is -1.37. The van der Waals surface area contributed by atoms with Gasteiger partial charge in [-0.05, 0) is 24.1 Å². The number of benzene rings is 1. The van der Waals surface area contributed by atoms with Crippen LogP contribution in [0.2, 0.25) is 0 Å². The summed E-state index contributed by atoms with van der Waals surface area (Å²) in [5, 5.41) is 9.22. The zero-order valence-corrected chi connectivity index (χ0v) is 11.9. The van der Waals surface area contributed by atoms with Crippen LogP contribution in [0, 0.1) is 0 Å². The smallest absolute Gasteiger partial charge is 0.311 e. The highest BCUT2D eigenvalue weighted by molar-refractivity contribution is 9.10. The summed E-state index contributed by atoms with van der Waals surface area (Å²) in [7, 11) is 1.60. The Labute approximate surface area is 115 Å². The minimum absolute atomic E-state index is 0.410. The molecule has 1 atom stereocenters. The molecule has 1 N–H and O–H groups in total. The van der Waals surface area contributed by atoms with Crippen LogP contribution in [0.15, 0.2) is 28.7 Å². The van der Waals surface area contributed by atoms with E-state index in [-0.39, 0.29) is 0 Å². The molecule has 0 saturated heterocycles. The molecule has 0 heterocycles. The number of carboxylic acids is 1. The molecule has 4 nitrogen and oxygen atoms in total. The van der Waals surface area contributed by atoms with Crippen molar-refractivity contribution in [1.82, 2.24) is 0 Å². The summed E-state index contributed by atoms with van der Waals surface area (Å²) in [4.78, 5) is 11.2. The summed E-state index contributed by atoms with van der Waals surface area (Å²) in [5.41, 5.74) is 0.784. The fraction of sp³-hybridized carbons (Fsp3) is 0.462. The molecule has 0 amide bonds. The molecule has 0 aliphatic carbocycles. The van der Waals surface area contributed by atoms with E-state index < -0.39 is 11.9 Å². The van der Waals surface area contributed by atoms with E-state index in [4.69, 9.17) is 9.47 Å². The predicted octanol–water partition coefficient (Wildman–Crippen LogP) is 2.67. The maximum atomic E-state index is 11.2. The third-order valence-electron chi connectivity index (χ3n) is 2.53. The summed E-state index contributed by atoms with van der Waals surface area (Å²) in [6.07, 6.45) is 0.454. The highest BCUT2D eigenvalue weighted by Gasteiger charge is 2.19. The average molecular weight is 317 g/mol. The normalized spacial score (nSPS) is 12.3. The van der Waals surface area contributed by atoms with Crippen LogP contribution in [-0.2, 0) is 14.3 Å². The minimum Gasteiger partial charge on any atom is -0.481 e.